The van der Waals surface area contributed by atoms with E-state index in [-0.39, 0.29) is 0 Å². The van der Waals surface area contributed by atoms with E-state index in [4.69, 9.17) is 0 Å². The van der Waals surface area contributed by atoms with Gasteiger partial charge in [0.25, 0.3) is 0 Å². The largest absolute Gasteiger partial charge is 0.198 e. The van der Waals surface area contributed by atoms with Crippen molar-refractivity contribution in [2.24, 2.45) is 0 Å². The van der Waals surface area contributed by atoms with Gasteiger partial charge in [0.2, 0.25) is 0 Å². The number of rotatable bonds is 2. The van der Waals surface area contributed by atoms with Crippen LogP contribution in [0.3, 0.4) is 0 Å². The fourth-order valence-electron chi connectivity index (χ4n) is 0.623. The Hall–Kier alpha value is -0.370. The third kappa shape index (κ3) is 1.30. The first-order valence-corrected chi connectivity index (χ1v) is 3.66. The molecular formula is C6H9NS. The van der Waals surface area contributed by atoms with Crippen LogP contribution in [-0.4, -0.2) is 4.37 Å². The summed E-state index contributed by atoms with van der Waals surface area (Å²) in [5, 5.41) is 2.02. The molecule has 0 radical (unpaired) electrons. The Morgan fingerprint density at radius 3 is 3.12 bits per heavy atom. The van der Waals surface area contributed by atoms with Crippen molar-refractivity contribution in [2.45, 2.75) is 19.8 Å². The molecule has 44 valence electrons. The van der Waals surface area contributed by atoms with E-state index in [0.717, 1.165) is 6.42 Å². The number of aromatic nitrogens is 1. The highest BCUT2D eigenvalue weighted by atomic mass is 32.1. The Bertz CT molecular complexity index is 134. The van der Waals surface area contributed by atoms with Crippen molar-refractivity contribution in [3.05, 3.63) is 17.1 Å². The van der Waals surface area contributed by atoms with Crippen LogP contribution < -0.4 is 0 Å². The summed E-state index contributed by atoms with van der Waals surface area (Å²) in [4.78, 5) is 0. The van der Waals surface area contributed by atoms with E-state index < -0.39 is 0 Å². The lowest BCUT2D eigenvalue weighted by molar-refractivity contribution is 0.900. The van der Waals surface area contributed by atoms with Gasteiger partial charge in [-0.3, -0.25) is 0 Å². The Morgan fingerprint density at radius 1 is 1.75 bits per heavy atom. The molecule has 0 spiro atoms. The van der Waals surface area contributed by atoms with Gasteiger partial charge in [0.05, 0.1) is 5.69 Å². The van der Waals surface area contributed by atoms with Gasteiger partial charge in [0.15, 0.2) is 0 Å². The molecule has 0 unspecified atom stereocenters. The molecule has 0 fully saturated rings. The number of aryl methyl sites for hydroxylation is 1. The van der Waals surface area contributed by atoms with Crippen LogP contribution in [0.1, 0.15) is 19.0 Å². The van der Waals surface area contributed by atoms with Gasteiger partial charge in [-0.05, 0) is 24.0 Å². The standard InChI is InChI=1S/C6H9NS/c1-2-3-6-4-5-8-7-6/h4-5H,2-3H2,1H3. The molecule has 1 aromatic rings. The van der Waals surface area contributed by atoms with Crippen LogP contribution in [-0.2, 0) is 6.42 Å². The second kappa shape index (κ2) is 2.82. The van der Waals surface area contributed by atoms with E-state index in [2.05, 4.69) is 17.4 Å². The monoisotopic (exact) mass is 127 g/mol. The molecule has 8 heavy (non-hydrogen) atoms. The zero-order valence-electron chi connectivity index (χ0n) is 4.92. The number of hydrogen-bond donors (Lipinski definition) is 0. The molecular weight excluding hydrogens is 118 g/mol. The van der Waals surface area contributed by atoms with Gasteiger partial charge in [-0.1, -0.05) is 13.3 Å². The highest BCUT2D eigenvalue weighted by Crippen LogP contribution is 2.01. The maximum Gasteiger partial charge on any atom is 0.0542 e. The Labute approximate surface area is 53.5 Å². The third-order valence-corrected chi connectivity index (χ3v) is 1.60. The second-order valence-electron chi connectivity index (χ2n) is 1.74. The van der Waals surface area contributed by atoms with Gasteiger partial charge in [-0.15, -0.1) is 0 Å². The summed E-state index contributed by atoms with van der Waals surface area (Å²) in [7, 11) is 0. The first kappa shape index (κ1) is 5.76. The molecule has 1 rings (SSSR count). The van der Waals surface area contributed by atoms with E-state index in [1.165, 1.54) is 23.6 Å². The smallest absolute Gasteiger partial charge is 0.0542 e. The predicted octanol–water partition coefficient (Wildman–Crippen LogP) is 2.10. The van der Waals surface area contributed by atoms with Crippen molar-refractivity contribution in [2.75, 3.05) is 0 Å². The molecule has 1 nitrogen and oxygen atoms in total. The first-order valence-electron chi connectivity index (χ1n) is 2.82. The van der Waals surface area contributed by atoms with Crippen LogP contribution in [0.5, 0.6) is 0 Å². The summed E-state index contributed by atoms with van der Waals surface area (Å²) in [6.45, 7) is 2.17. The molecule has 1 heterocycles. The summed E-state index contributed by atoms with van der Waals surface area (Å²) in [5.41, 5.74) is 1.23. The topological polar surface area (TPSA) is 12.9 Å². The Balaban J connectivity index is 2.50. The van der Waals surface area contributed by atoms with Crippen molar-refractivity contribution in [1.29, 1.82) is 0 Å². The zero-order chi connectivity index (χ0) is 5.82. The minimum atomic E-state index is 1.13. The van der Waals surface area contributed by atoms with E-state index in [1.807, 2.05) is 5.38 Å². The summed E-state index contributed by atoms with van der Waals surface area (Å²) in [6.07, 6.45) is 2.33. The lowest BCUT2D eigenvalue weighted by Gasteiger charge is -1.84. The molecule has 1 aromatic heterocycles. The van der Waals surface area contributed by atoms with Gasteiger partial charge in [0.1, 0.15) is 0 Å². The van der Waals surface area contributed by atoms with Gasteiger partial charge in [0, 0.05) is 5.38 Å². The van der Waals surface area contributed by atoms with Crippen LogP contribution in [0.15, 0.2) is 11.4 Å². The molecule has 0 atom stereocenters. The first-order chi connectivity index (χ1) is 3.93. The van der Waals surface area contributed by atoms with Crippen molar-refractivity contribution < 1.29 is 0 Å². The molecule has 2 heteroatoms. The second-order valence-corrected chi connectivity index (χ2v) is 2.41. The minimum absolute atomic E-state index is 1.13. The normalized spacial score (nSPS) is 9.62. The van der Waals surface area contributed by atoms with Crippen LogP contribution in [0.4, 0.5) is 0 Å². The van der Waals surface area contributed by atoms with E-state index in [1.54, 1.807) is 0 Å². The van der Waals surface area contributed by atoms with E-state index in [0.29, 0.717) is 0 Å². The molecule has 0 bridgehead atoms. The lowest BCUT2D eigenvalue weighted by atomic mass is 10.3. The fraction of sp³-hybridized carbons (Fsp3) is 0.500. The van der Waals surface area contributed by atoms with Crippen molar-refractivity contribution >= 4 is 11.5 Å². The van der Waals surface area contributed by atoms with Gasteiger partial charge < -0.3 is 0 Å². The summed E-state index contributed by atoms with van der Waals surface area (Å²) >= 11 is 1.53. The average molecular weight is 127 g/mol. The zero-order valence-corrected chi connectivity index (χ0v) is 5.74. The van der Waals surface area contributed by atoms with E-state index in [9.17, 15) is 0 Å². The molecule has 0 saturated carbocycles. The fourth-order valence-corrected chi connectivity index (χ4v) is 1.19. The van der Waals surface area contributed by atoms with E-state index >= 15 is 0 Å². The molecule has 0 aliphatic carbocycles. The summed E-state index contributed by atoms with van der Waals surface area (Å²) in [6, 6.07) is 2.08. The SMILES string of the molecule is CCCc1ccsn1. The molecule has 0 aliphatic rings. The number of nitrogens with zero attached hydrogens (tertiary/aromatic N) is 1. The van der Waals surface area contributed by atoms with Crippen LogP contribution in [0.25, 0.3) is 0 Å². The van der Waals surface area contributed by atoms with Crippen LogP contribution in [0, 0.1) is 0 Å². The van der Waals surface area contributed by atoms with Gasteiger partial charge >= 0.3 is 0 Å². The Morgan fingerprint density at radius 2 is 2.62 bits per heavy atom. The van der Waals surface area contributed by atoms with Crippen molar-refractivity contribution in [1.82, 2.24) is 4.37 Å². The molecule has 0 aliphatic heterocycles. The minimum Gasteiger partial charge on any atom is -0.198 e. The van der Waals surface area contributed by atoms with Crippen molar-refractivity contribution in [3.63, 3.8) is 0 Å². The molecule has 0 N–H and O–H groups in total. The molecule has 0 saturated heterocycles. The third-order valence-electron chi connectivity index (χ3n) is 0.997. The summed E-state index contributed by atoms with van der Waals surface area (Å²) < 4.78 is 4.15. The maximum atomic E-state index is 4.15. The maximum absolute atomic E-state index is 4.15. The van der Waals surface area contributed by atoms with Crippen LogP contribution >= 0.6 is 11.5 Å². The van der Waals surface area contributed by atoms with Gasteiger partial charge in [-0.2, -0.15) is 4.37 Å². The summed E-state index contributed by atoms with van der Waals surface area (Å²) in [5.74, 6) is 0. The van der Waals surface area contributed by atoms with Crippen LogP contribution in [0.2, 0.25) is 0 Å². The van der Waals surface area contributed by atoms with Crippen molar-refractivity contribution in [3.8, 4) is 0 Å². The quantitative estimate of drug-likeness (QED) is 0.593. The molecule has 0 amide bonds. The number of hydrogen-bond acceptors (Lipinski definition) is 2. The lowest BCUT2D eigenvalue weighted by Crippen LogP contribution is -1.78. The predicted molar refractivity (Wildman–Crippen MR) is 36.1 cm³/mol. The van der Waals surface area contributed by atoms with Gasteiger partial charge in [-0.25, -0.2) is 0 Å². The highest BCUT2D eigenvalue weighted by molar-refractivity contribution is 7.03. The average Bonchev–Trinajstić information content (AvgIpc) is 2.19. The Kier molecular flexibility index (Phi) is 2.03. The highest BCUT2D eigenvalue weighted by Gasteiger charge is 1.88. The molecule has 0 aromatic carbocycles.